The second-order valence-electron chi connectivity index (χ2n) is 4.49. The molecule has 0 atom stereocenters. The molecule has 0 nitrogen and oxygen atoms in total. The molecule has 2 rings (SSSR count). The van der Waals surface area contributed by atoms with Gasteiger partial charge < -0.3 is 9.41 Å². The number of unbranched alkanes of at least 4 members (excludes halogenated alkanes) is 1. The topological polar surface area (TPSA) is 0 Å². The van der Waals surface area contributed by atoms with Gasteiger partial charge in [0.2, 0.25) is 0 Å². The third-order valence-corrected chi connectivity index (χ3v) is 2.98. The van der Waals surface area contributed by atoms with E-state index in [9.17, 15) is 0 Å². The number of halogens is 2. The van der Waals surface area contributed by atoms with Crippen molar-refractivity contribution in [2.75, 3.05) is 0 Å². The molecular weight excluding hydrogens is 349 g/mol. The summed E-state index contributed by atoms with van der Waals surface area (Å²) in [6, 6.07) is 11.0. The molecule has 3 radical (unpaired) electrons. The molecule has 4 heteroatoms. The third kappa shape index (κ3) is 6.99. The Balaban J connectivity index is -0.000000445. The second-order valence-corrected chi connectivity index (χ2v) is 5.49. The minimum absolute atomic E-state index is 0. The van der Waals surface area contributed by atoms with Crippen molar-refractivity contribution < 1.29 is 35.6 Å². The molecule has 2 aromatic carbocycles. The van der Waals surface area contributed by atoms with E-state index in [-0.39, 0.29) is 35.6 Å². The van der Waals surface area contributed by atoms with Crippen molar-refractivity contribution in [1.29, 1.82) is 0 Å². The van der Waals surface area contributed by atoms with Gasteiger partial charge in [-0.1, -0.05) is 45.8 Å². The van der Waals surface area contributed by atoms with Gasteiger partial charge in [-0.05, 0) is 6.42 Å². The van der Waals surface area contributed by atoms with Gasteiger partial charge in [-0.3, -0.25) is 0 Å². The van der Waals surface area contributed by atoms with Crippen LogP contribution in [0.1, 0.15) is 30.9 Å². The van der Waals surface area contributed by atoms with Crippen LogP contribution in [0.4, 0.5) is 0 Å². The van der Waals surface area contributed by atoms with E-state index in [0.717, 1.165) is 9.52 Å². The Hall–Kier alpha value is -0.210. The zero-order valence-corrected chi connectivity index (χ0v) is 16.2. The van der Waals surface area contributed by atoms with Gasteiger partial charge in [0.25, 0.3) is 0 Å². The van der Waals surface area contributed by atoms with Gasteiger partial charge in [0.05, 0.1) is 0 Å². The Morgan fingerprint density at radius 2 is 1.65 bits per heavy atom. The first-order valence-electron chi connectivity index (χ1n) is 6.47. The van der Waals surface area contributed by atoms with Crippen molar-refractivity contribution in [3.63, 3.8) is 0 Å². The molecule has 0 fully saturated rings. The Morgan fingerprint density at radius 1 is 1.10 bits per heavy atom. The van der Waals surface area contributed by atoms with Crippen LogP contribution in [0, 0.1) is 6.92 Å². The zero-order chi connectivity index (χ0) is 12.7. The van der Waals surface area contributed by atoms with Crippen LogP contribution >= 0.6 is 0 Å². The van der Waals surface area contributed by atoms with E-state index in [4.69, 9.17) is 0 Å². The van der Waals surface area contributed by atoms with E-state index < -0.39 is 0 Å². The average Bonchev–Trinajstić information content (AvgIpc) is 2.65. The number of rotatable bonds is 3. The number of fused-ring (bicyclic) bond motifs is 1. The van der Waals surface area contributed by atoms with Crippen molar-refractivity contribution >= 4 is 20.3 Å². The second kappa shape index (κ2) is 13.8. The third-order valence-electron chi connectivity index (χ3n) is 2.98. The Bertz CT molecular complexity index is 455. The van der Waals surface area contributed by atoms with Gasteiger partial charge in [0.1, 0.15) is 0 Å². The summed E-state index contributed by atoms with van der Waals surface area (Å²) in [6.07, 6.45) is 3.81. The van der Waals surface area contributed by atoms with Crippen LogP contribution in [0.5, 0.6) is 0 Å². The van der Waals surface area contributed by atoms with Crippen LogP contribution in [-0.2, 0) is 32.6 Å². The molecule has 0 bridgehead atoms. The summed E-state index contributed by atoms with van der Waals surface area (Å²) in [4.78, 5) is 0. The van der Waals surface area contributed by atoms with Crippen LogP contribution in [0.15, 0.2) is 30.3 Å². The monoisotopic (exact) mass is 371 g/mol. The molecule has 109 valence electrons. The fraction of sp³-hybridized carbons (Fsp3) is 0.438. The normalized spacial score (nSPS) is 8.60. The van der Waals surface area contributed by atoms with Crippen molar-refractivity contribution in [3.05, 3.63) is 41.5 Å². The summed E-state index contributed by atoms with van der Waals surface area (Å²) in [7, 11) is 1.08. The van der Waals surface area contributed by atoms with Gasteiger partial charge in [0.15, 0.2) is 0 Å². The van der Waals surface area contributed by atoms with Gasteiger partial charge in [-0.2, -0.15) is 5.56 Å². The van der Waals surface area contributed by atoms with E-state index in [0.29, 0.717) is 0 Å². The molecule has 0 heterocycles. The predicted molar refractivity (Wildman–Crippen MR) is 80.4 cm³/mol. The molecule has 0 aliphatic rings. The smallest absolute Gasteiger partial charge is 1.00 e. The number of aryl methyl sites for hydroxylation is 2. The number of benzene rings is 1. The summed E-state index contributed by atoms with van der Waals surface area (Å²) in [6.45, 7) is 8.80. The minimum atomic E-state index is 0. The number of hydrogen-bond donors (Lipinski definition) is 0. The first kappa shape index (κ1) is 24.8. The van der Waals surface area contributed by atoms with Crippen molar-refractivity contribution in [2.45, 2.75) is 46.2 Å². The van der Waals surface area contributed by atoms with E-state index in [2.05, 4.69) is 57.3 Å². The van der Waals surface area contributed by atoms with Crippen molar-refractivity contribution in [2.24, 2.45) is 0 Å². The average molecular weight is 373 g/mol. The Morgan fingerprint density at radius 3 is 2.15 bits per heavy atom. The molecule has 0 saturated carbocycles. The molecule has 0 amide bonds. The Kier molecular flexibility index (Phi) is 17.1. The number of hydrogen-bond acceptors (Lipinski definition) is 0. The predicted octanol–water partition coefficient (Wildman–Crippen LogP) is -0.998. The quantitative estimate of drug-likeness (QED) is 0.479. The van der Waals surface area contributed by atoms with Gasteiger partial charge in [-0.25, -0.2) is 0 Å². The van der Waals surface area contributed by atoms with Crippen molar-refractivity contribution in [3.8, 4) is 0 Å². The molecule has 0 aliphatic heterocycles. The van der Waals surface area contributed by atoms with Crippen LogP contribution in [0.25, 0.3) is 10.8 Å². The fourth-order valence-electron chi connectivity index (χ4n) is 2.06. The van der Waals surface area contributed by atoms with Crippen LogP contribution < -0.4 is 9.41 Å². The first-order chi connectivity index (χ1) is 8.24. The maximum atomic E-state index is 2.35. The van der Waals surface area contributed by atoms with E-state index >= 15 is 0 Å². The van der Waals surface area contributed by atoms with Gasteiger partial charge in [0, 0.05) is 9.52 Å². The maximum absolute atomic E-state index is 2.35. The first-order valence-corrected chi connectivity index (χ1v) is 8.47. The van der Waals surface area contributed by atoms with Crippen molar-refractivity contribution in [1.82, 2.24) is 0 Å². The SMILES string of the molecule is CCCCc1[cH-]c2ccccc2c1C.C[Si]C.[F-].[F-].[Zr+3]. The largest absolute Gasteiger partial charge is 3.00 e. The minimum Gasteiger partial charge on any atom is -1.00 e. The summed E-state index contributed by atoms with van der Waals surface area (Å²) in [5.74, 6) is 0. The molecule has 0 aromatic heterocycles. The van der Waals surface area contributed by atoms with E-state index in [1.165, 1.54) is 41.2 Å². The van der Waals surface area contributed by atoms with Gasteiger partial charge >= 0.3 is 26.2 Å². The standard InChI is InChI=1S/C14H17.C2H6Si.2FH.Zr/c1-3-4-7-12-10-13-8-5-6-9-14(13)11(12)2;1-3-2;;;/h5-6,8-10H,3-4,7H2,1-2H3;1-2H3;2*1H;/q-1;;;;+3/p-2. The van der Waals surface area contributed by atoms with Crippen LogP contribution in [0.2, 0.25) is 13.1 Å². The summed E-state index contributed by atoms with van der Waals surface area (Å²) < 4.78 is 0. The molecule has 0 unspecified atom stereocenters. The molecular formula is C16H23F2SiZr. The summed E-state index contributed by atoms with van der Waals surface area (Å²) in [5, 5.41) is 2.83. The van der Waals surface area contributed by atoms with Crippen LogP contribution in [0.3, 0.4) is 0 Å². The fourth-order valence-corrected chi connectivity index (χ4v) is 2.06. The van der Waals surface area contributed by atoms with E-state index in [1.54, 1.807) is 0 Å². The molecule has 2 aromatic rings. The maximum Gasteiger partial charge on any atom is 3.00 e. The van der Waals surface area contributed by atoms with Gasteiger partial charge in [-0.15, -0.1) is 40.6 Å². The molecule has 0 N–H and O–H groups in total. The van der Waals surface area contributed by atoms with E-state index in [1.807, 2.05) is 0 Å². The Labute approximate surface area is 143 Å². The van der Waals surface area contributed by atoms with Crippen LogP contribution in [-0.4, -0.2) is 9.52 Å². The molecule has 0 saturated heterocycles. The molecule has 20 heavy (non-hydrogen) atoms. The summed E-state index contributed by atoms with van der Waals surface area (Å²) >= 11 is 0. The molecule has 0 aliphatic carbocycles. The summed E-state index contributed by atoms with van der Waals surface area (Å²) in [5.41, 5.74) is 3.02. The molecule has 0 spiro atoms. The zero-order valence-electron chi connectivity index (χ0n) is 12.8.